The number of ether oxygens (including phenoxy) is 1. The first-order valence-corrected chi connectivity index (χ1v) is 8.84. The van der Waals surface area contributed by atoms with Crippen LogP contribution in [0.5, 0.6) is 5.75 Å². The highest BCUT2D eigenvalue weighted by molar-refractivity contribution is 5.98. The number of carbonyl (C=O) groups is 2. The molecule has 1 aliphatic carbocycles. The highest BCUT2D eigenvalue weighted by Crippen LogP contribution is 2.30. The van der Waals surface area contributed by atoms with Gasteiger partial charge in [0.25, 0.3) is 5.91 Å². The van der Waals surface area contributed by atoms with E-state index < -0.39 is 0 Å². The molecule has 0 aromatic heterocycles. The molecular weight excluding hydrogens is 328 g/mol. The Bertz CT molecular complexity index is 828. The van der Waals surface area contributed by atoms with Gasteiger partial charge in [-0.3, -0.25) is 9.59 Å². The van der Waals surface area contributed by atoms with Crippen LogP contribution in [0.1, 0.15) is 47.3 Å². The Balaban J connectivity index is 1.71. The Morgan fingerprint density at radius 1 is 1.15 bits per heavy atom. The van der Waals surface area contributed by atoms with Crippen LogP contribution in [0.25, 0.3) is 0 Å². The quantitative estimate of drug-likeness (QED) is 0.830. The predicted octanol–water partition coefficient (Wildman–Crippen LogP) is 3.84. The Labute approximate surface area is 153 Å². The lowest BCUT2D eigenvalue weighted by Gasteiger charge is -2.18. The highest BCUT2D eigenvalue weighted by Gasteiger charge is 2.29. The molecule has 0 radical (unpaired) electrons. The van der Waals surface area contributed by atoms with E-state index in [9.17, 15) is 9.59 Å². The maximum absolute atomic E-state index is 12.6. The van der Waals surface area contributed by atoms with Crippen LogP contribution in [0.4, 0.5) is 5.69 Å². The van der Waals surface area contributed by atoms with Crippen molar-refractivity contribution in [2.45, 2.75) is 32.7 Å². The van der Waals surface area contributed by atoms with E-state index in [1.165, 1.54) is 0 Å². The van der Waals surface area contributed by atoms with Gasteiger partial charge in [-0.2, -0.15) is 0 Å². The van der Waals surface area contributed by atoms with Gasteiger partial charge in [-0.1, -0.05) is 23.8 Å². The third-order valence-electron chi connectivity index (χ3n) is 4.54. The summed E-state index contributed by atoms with van der Waals surface area (Å²) in [7, 11) is 1.62. The standard InChI is InChI=1S/C21H24N2O3/c1-13-7-10-19(26-3)18(11-13)14(2)22-21(25)16-5-4-6-17(12-16)23-20(24)15-8-9-15/h4-7,10-12,14-15H,8-9H2,1-3H3,(H,22,25)(H,23,24). The monoisotopic (exact) mass is 352 g/mol. The SMILES string of the molecule is COc1ccc(C)cc1C(C)NC(=O)c1cccc(NC(=O)C2CC2)c1. The van der Waals surface area contributed by atoms with E-state index in [4.69, 9.17) is 4.74 Å². The van der Waals surface area contributed by atoms with Crippen LogP contribution in [0, 0.1) is 12.8 Å². The minimum Gasteiger partial charge on any atom is -0.496 e. The van der Waals surface area contributed by atoms with E-state index in [1.54, 1.807) is 31.4 Å². The van der Waals surface area contributed by atoms with Crippen molar-refractivity contribution in [1.29, 1.82) is 0 Å². The first-order valence-electron chi connectivity index (χ1n) is 8.84. The number of nitrogens with one attached hydrogen (secondary N) is 2. The van der Waals surface area contributed by atoms with Gasteiger partial charge in [0.05, 0.1) is 13.2 Å². The molecule has 0 bridgehead atoms. The number of rotatable bonds is 6. The number of methoxy groups -OCH3 is 1. The van der Waals surface area contributed by atoms with E-state index in [1.807, 2.05) is 32.0 Å². The van der Waals surface area contributed by atoms with Gasteiger partial charge in [-0.15, -0.1) is 0 Å². The topological polar surface area (TPSA) is 67.4 Å². The summed E-state index contributed by atoms with van der Waals surface area (Å²) in [6, 6.07) is 12.7. The van der Waals surface area contributed by atoms with Gasteiger partial charge in [-0.05, 0) is 51.0 Å². The molecule has 3 rings (SSSR count). The van der Waals surface area contributed by atoms with Crippen molar-refractivity contribution in [3.63, 3.8) is 0 Å². The van der Waals surface area contributed by atoms with E-state index in [2.05, 4.69) is 10.6 Å². The lowest BCUT2D eigenvalue weighted by atomic mass is 10.0. The molecule has 1 saturated carbocycles. The molecule has 0 saturated heterocycles. The summed E-state index contributed by atoms with van der Waals surface area (Å²) in [5.74, 6) is 0.708. The second-order valence-corrected chi connectivity index (χ2v) is 6.78. The molecule has 5 heteroatoms. The van der Waals surface area contributed by atoms with Gasteiger partial charge >= 0.3 is 0 Å². The van der Waals surface area contributed by atoms with E-state index in [0.717, 1.165) is 29.7 Å². The fraction of sp³-hybridized carbons (Fsp3) is 0.333. The number of anilines is 1. The molecule has 2 aromatic carbocycles. The molecule has 2 N–H and O–H groups in total. The van der Waals surface area contributed by atoms with Gasteiger partial charge in [-0.25, -0.2) is 0 Å². The predicted molar refractivity (Wildman–Crippen MR) is 101 cm³/mol. The zero-order valence-corrected chi connectivity index (χ0v) is 15.3. The largest absolute Gasteiger partial charge is 0.496 e. The average Bonchev–Trinajstić information content (AvgIpc) is 3.47. The van der Waals surface area contributed by atoms with Crippen molar-refractivity contribution in [2.24, 2.45) is 5.92 Å². The maximum atomic E-state index is 12.6. The van der Waals surface area contributed by atoms with E-state index in [0.29, 0.717) is 11.3 Å². The summed E-state index contributed by atoms with van der Waals surface area (Å²) in [4.78, 5) is 24.5. The summed E-state index contributed by atoms with van der Waals surface area (Å²) in [6.07, 6.45) is 1.89. The molecule has 2 amide bonds. The van der Waals surface area contributed by atoms with Crippen molar-refractivity contribution >= 4 is 17.5 Å². The van der Waals surface area contributed by atoms with Crippen LogP contribution in [-0.4, -0.2) is 18.9 Å². The average molecular weight is 352 g/mol. The minimum absolute atomic E-state index is 0.0282. The molecule has 1 fully saturated rings. The molecule has 26 heavy (non-hydrogen) atoms. The molecule has 0 spiro atoms. The molecule has 0 aliphatic heterocycles. The van der Waals surface area contributed by atoms with Crippen LogP contribution < -0.4 is 15.4 Å². The molecule has 1 unspecified atom stereocenters. The van der Waals surface area contributed by atoms with Crippen LogP contribution in [-0.2, 0) is 4.79 Å². The first kappa shape index (κ1) is 18.0. The summed E-state index contributed by atoms with van der Waals surface area (Å²) >= 11 is 0. The number of aryl methyl sites for hydroxylation is 1. The minimum atomic E-state index is -0.206. The molecule has 1 atom stereocenters. The Morgan fingerprint density at radius 3 is 2.62 bits per heavy atom. The van der Waals surface area contributed by atoms with Crippen molar-refractivity contribution in [3.05, 3.63) is 59.2 Å². The van der Waals surface area contributed by atoms with Crippen molar-refractivity contribution in [2.75, 3.05) is 12.4 Å². The first-order chi connectivity index (χ1) is 12.5. The number of benzene rings is 2. The molecule has 1 aliphatic rings. The van der Waals surface area contributed by atoms with Crippen molar-refractivity contribution < 1.29 is 14.3 Å². The van der Waals surface area contributed by atoms with Crippen LogP contribution >= 0.6 is 0 Å². The lowest BCUT2D eigenvalue weighted by molar-refractivity contribution is -0.117. The number of carbonyl (C=O) groups excluding carboxylic acids is 2. The smallest absolute Gasteiger partial charge is 0.251 e. The third kappa shape index (κ3) is 4.23. The van der Waals surface area contributed by atoms with Crippen molar-refractivity contribution in [3.8, 4) is 5.75 Å². The second kappa shape index (κ2) is 7.60. The fourth-order valence-corrected chi connectivity index (χ4v) is 2.88. The Morgan fingerprint density at radius 2 is 1.92 bits per heavy atom. The molecular formula is C21H24N2O3. The summed E-state index contributed by atoms with van der Waals surface area (Å²) < 4.78 is 5.40. The normalized spacial score (nSPS) is 14.4. The van der Waals surface area contributed by atoms with Crippen LogP contribution in [0.2, 0.25) is 0 Å². The maximum Gasteiger partial charge on any atom is 0.251 e. The molecule has 136 valence electrons. The second-order valence-electron chi connectivity index (χ2n) is 6.78. The molecule has 2 aromatic rings. The third-order valence-corrected chi connectivity index (χ3v) is 4.54. The van der Waals surface area contributed by atoms with Gasteiger partial charge < -0.3 is 15.4 Å². The molecule has 0 heterocycles. The van der Waals surface area contributed by atoms with E-state index in [-0.39, 0.29) is 23.8 Å². The zero-order valence-electron chi connectivity index (χ0n) is 15.3. The number of hydrogen-bond donors (Lipinski definition) is 2. The van der Waals surface area contributed by atoms with Gasteiger partial charge in [0.1, 0.15) is 5.75 Å². The van der Waals surface area contributed by atoms with Gasteiger partial charge in [0, 0.05) is 22.7 Å². The Kier molecular flexibility index (Phi) is 5.26. The van der Waals surface area contributed by atoms with E-state index >= 15 is 0 Å². The summed E-state index contributed by atoms with van der Waals surface area (Å²) in [6.45, 7) is 3.93. The number of amides is 2. The lowest BCUT2D eigenvalue weighted by Crippen LogP contribution is -2.27. The van der Waals surface area contributed by atoms with Gasteiger partial charge in [0.15, 0.2) is 0 Å². The van der Waals surface area contributed by atoms with Gasteiger partial charge in [0.2, 0.25) is 5.91 Å². The van der Waals surface area contributed by atoms with Crippen molar-refractivity contribution in [1.82, 2.24) is 5.32 Å². The number of hydrogen-bond acceptors (Lipinski definition) is 3. The summed E-state index contributed by atoms with van der Waals surface area (Å²) in [5.41, 5.74) is 3.19. The highest BCUT2D eigenvalue weighted by atomic mass is 16.5. The summed E-state index contributed by atoms with van der Waals surface area (Å²) in [5, 5.41) is 5.87. The zero-order chi connectivity index (χ0) is 18.7. The fourth-order valence-electron chi connectivity index (χ4n) is 2.88. The Hall–Kier alpha value is -2.82. The van der Waals surface area contributed by atoms with Crippen LogP contribution in [0.3, 0.4) is 0 Å². The van der Waals surface area contributed by atoms with Crippen LogP contribution in [0.15, 0.2) is 42.5 Å². The molecule has 5 nitrogen and oxygen atoms in total.